The number of hydrogen-bond acceptors (Lipinski definition) is 4. The van der Waals surface area contributed by atoms with Crippen LogP contribution < -0.4 is 5.32 Å². The van der Waals surface area contributed by atoms with Crippen molar-refractivity contribution in [1.29, 1.82) is 5.26 Å². The Hall–Kier alpha value is -3.79. The second-order valence-electron chi connectivity index (χ2n) is 5.96. The minimum atomic E-state index is -0.611. The van der Waals surface area contributed by atoms with Crippen molar-refractivity contribution in [2.75, 3.05) is 5.32 Å². The van der Waals surface area contributed by atoms with E-state index < -0.39 is 11.6 Å². The number of benzene rings is 2. The largest absolute Gasteiger partial charge is 0.381 e. The van der Waals surface area contributed by atoms with Gasteiger partial charge in [-0.3, -0.25) is 4.57 Å². The Morgan fingerprint density at radius 3 is 2.59 bits per heavy atom. The molecule has 4 aromatic rings. The highest BCUT2D eigenvalue weighted by Gasteiger charge is 2.08. The van der Waals surface area contributed by atoms with Crippen LogP contribution >= 0.6 is 0 Å². The number of pyridine rings is 1. The number of aromatic nitrogens is 3. The number of imidazole rings is 1. The van der Waals surface area contributed by atoms with Gasteiger partial charge in [0.2, 0.25) is 0 Å². The molecule has 27 heavy (non-hydrogen) atoms. The van der Waals surface area contributed by atoms with Gasteiger partial charge in [-0.15, -0.1) is 0 Å². The molecule has 2 aromatic carbocycles. The second kappa shape index (κ2) is 6.84. The maximum atomic E-state index is 13.3. The molecule has 0 amide bonds. The van der Waals surface area contributed by atoms with Gasteiger partial charge in [0.05, 0.1) is 22.7 Å². The molecule has 0 aliphatic heterocycles. The van der Waals surface area contributed by atoms with Crippen molar-refractivity contribution in [2.45, 2.75) is 6.54 Å². The Morgan fingerprint density at radius 2 is 1.81 bits per heavy atom. The summed E-state index contributed by atoms with van der Waals surface area (Å²) in [7, 11) is 0. The summed E-state index contributed by atoms with van der Waals surface area (Å²) < 4.78 is 28.4. The Balaban J connectivity index is 1.62. The van der Waals surface area contributed by atoms with Crippen LogP contribution in [0.25, 0.3) is 16.9 Å². The van der Waals surface area contributed by atoms with Gasteiger partial charge < -0.3 is 5.32 Å². The van der Waals surface area contributed by atoms with E-state index in [9.17, 15) is 8.78 Å². The molecule has 0 aliphatic carbocycles. The van der Waals surface area contributed by atoms with E-state index in [1.54, 1.807) is 47.4 Å². The van der Waals surface area contributed by atoms with Gasteiger partial charge in [-0.1, -0.05) is 0 Å². The molecule has 132 valence electrons. The lowest BCUT2D eigenvalue weighted by Crippen LogP contribution is -2.03. The second-order valence-corrected chi connectivity index (χ2v) is 5.96. The van der Waals surface area contributed by atoms with Crippen molar-refractivity contribution in [3.8, 4) is 11.9 Å². The van der Waals surface area contributed by atoms with E-state index in [1.165, 1.54) is 12.1 Å². The fourth-order valence-corrected chi connectivity index (χ4v) is 2.84. The minimum Gasteiger partial charge on any atom is -0.381 e. The molecule has 0 aliphatic rings. The summed E-state index contributed by atoms with van der Waals surface area (Å²) >= 11 is 0. The Labute approximate surface area is 153 Å². The van der Waals surface area contributed by atoms with Crippen LogP contribution in [0.1, 0.15) is 11.1 Å². The van der Waals surface area contributed by atoms with Crippen LogP contribution in [0.4, 0.5) is 14.5 Å². The van der Waals surface area contributed by atoms with Gasteiger partial charge in [0.1, 0.15) is 23.8 Å². The molecule has 0 spiro atoms. The standard InChI is InChI=1S/C20H13F2N5/c21-15-5-14(6-16(22)8-15)11-25-17-3-4-24-20(9-17)27-12-26-18-2-1-13(10-23)7-19(18)27/h1-9,12H,11H2,(H,24,25). The van der Waals surface area contributed by atoms with Crippen LogP contribution in [0, 0.1) is 23.0 Å². The molecule has 1 N–H and O–H groups in total. The average molecular weight is 361 g/mol. The molecule has 0 fully saturated rings. The van der Waals surface area contributed by atoms with E-state index in [2.05, 4.69) is 21.4 Å². The summed E-state index contributed by atoms with van der Waals surface area (Å²) in [5.41, 5.74) is 3.29. The number of fused-ring (bicyclic) bond motifs is 1. The minimum absolute atomic E-state index is 0.265. The smallest absolute Gasteiger partial charge is 0.140 e. The Kier molecular flexibility index (Phi) is 4.22. The van der Waals surface area contributed by atoms with Crippen molar-refractivity contribution in [2.24, 2.45) is 0 Å². The number of nitrogens with one attached hydrogen (secondary N) is 1. The van der Waals surface area contributed by atoms with Crippen molar-refractivity contribution >= 4 is 16.7 Å². The molecule has 0 atom stereocenters. The molecule has 5 nitrogen and oxygen atoms in total. The van der Waals surface area contributed by atoms with Crippen molar-refractivity contribution < 1.29 is 8.78 Å². The number of anilines is 1. The van der Waals surface area contributed by atoms with Crippen LogP contribution in [0.5, 0.6) is 0 Å². The zero-order chi connectivity index (χ0) is 18.8. The number of halogens is 2. The maximum Gasteiger partial charge on any atom is 0.140 e. The summed E-state index contributed by atoms with van der Waals surface area (Å²) in [5, 5.41) is 12.2. The lowest BCUT2D eigenvalue weighted by Gasteiger charge is -2.09. The topological polar surface area (TPSA) is 66.5 Å². The molecular weight excluding hydrogens is 348 g/mol. The third kappa shape index (κ3) is 3.46. The molecule has 0 bridgehead atoms. The first-order valence-electron chi connectivity index (χ1n) is 8.15. The normalized spacial score (nSPS) is 10.7. The summed E-state index contributed by atoms with van der Waals surface area (Å²) in [6, 6.07) is 14.3. The summed E-state index contributed by atoms with van der Waals surface area (Å²) in [5.74, 6) is -0.608. The summed E-state index contributed by atoms with van der Waals surface area (Å²) in [4.78, 5) is 8.67. The van der Waals surface area contributed by atoms with Gasteiger partial charge in [-0.05, 0) is 42.0 Å². The first-order valence-corrected chi connectivity index (χ1v) is 8.15. The molecule has 7 heteroatoms. The summed E-state index contributed by atoms with van der Waals surface area (Å²) in [6.07, 6.45) is 3.27. The molecule has 2 heterocycles. The average Bonchev–Trinajstić information content (AvgIpc) is 3.09. The number of nitriles is 1. The van der Waals surface area contributed by atoms with Gasteiger partial charge >= 0.3 is 0 Å². The number of rotatable bonds is 4. The van der Waals surface area contributed by atoms with Gasteiger partial charge in [-0.2, -0.15) is 5.26 Å². The van der Waals surface area contributed by atoms with E-state index in [1.807, 2.05) is 0 Å². The molecule has 0 saturated carbocycles. The predicted molar refractivity (Wildman–Crippen MR) is 97.3 cm³/mol. The van der Waals surface area contributed by atoms with Crippen molar-refractivity contribution in [1.82, 2.24) is 14.5 Å². The lowest BCUT2D eigenvalue weighted by molar-refractivity contribution is 0.580. The first-order chi connectivity index (χ1) is 13.1. The van der Waals surface area contributed by atoms with Crippen LogP contribution in [0.15, 0.2) is 61.1 Å². The van der Waals surface area contributed by atoms with Crippen LogP contribution in [0.2, 0.25) is 0 Å². The zero-order valence-electron chi connectivity index (χ0n) is 14.0. The quantitative estimate of drug-likeness (QED) is 0.592. The van der Waals surface area contributed by atoms with Crippen molar-refractivity contribution in [3.05, 3.63) is 83.8 Å². The highest BCUT2D eigenvalue weighted by atomic mass is 19.1. The SMILES string of the molecule is N#Cc1ccc2ncn(-c3cc(NCc4cc(F)cc(F)c4)ccn3)c2c1. The first kappa shape index (κ1) is 16.7. The molecule has 0 unspecified atom stereocenters. The highest BCUT2D eigenvalue weighted by Crippen LogP contribution is 2.20. The molecular formula is C20H13F2N5. The van der Waals surface area contributed by atoms with E-state index >= 15 is 0 Å². The Morgan fingerprint density at radius 1 is 1.00 bits per heavy atom. The molecule has 4 rings (SSSR count). The molecule has 2 aromatic heterocycles. The van der Waals surface area contributed by atoms with E-state index in [0.717, 1.165) is 22.8 Å². The summed E-state index contributed by atoms with van der Waals surface area (Å²) in [6.45, 7) is 0.265. The van der Waals surface area contributed by atoms with Gasteiger partial charge in [0.15, 0.2) is 0 Å². The van der Waals surface area contributed by atoms with Gasteiger partial charge in [0.25, 0.3) is 0 Å². The van der Waals surface area contributed by atoms with E-state index in [0.29, 0.717) is 16.9 Å². The van der Waals surface area contributed by atoms with Crippen LogP contribution in [-0.2, 0) is 6.54 Å². The van der Waals surface area contributed by atoms with E-state index in [-0.39, 0.29) is 6.54 Å². The van der Waals surface area contributed by atoms with Gasteiger partial charge in [0, 0.05) is 30.6 Å². The predicted octanol–water partition coefficient (Wildman–Crippen LogP) is 4.18. The van der Waals surface area contributed by atoms with E-state index in [4.69, 9.17) is 5.26 Å². The van der Waals surface area contributed by atoms with Gasteiger partial charge in [-0.25, -0.2) is 18.7 Å². The number of hydrogen-bond donors (Lipinski definition) is 1. The van der Waals surface area contributed by atoms with Crippen LogP contribution in [-0.4, -0.2) is 14.5 Å². The number of nitrogens with zero attached hydrogens (tertiary/aromatic N) is 4. The lowest BCUT2D eigenvalue weighted by atomic mass is 10.2. The van der Waals surface area contributed by atoms with Crippen LogP contribution in [0.3, 0.4) is 0 Å². The van der Waals surface area contributed by atoms with Crippen molar-refractivity contribution in [3.63, 3.8) is 0 Å². The molecule has 0 radical (unpaired) electrons. The third-order valence-corrected chi connectivity index (χ3v) is 4.09. The molecule has 0 saturated heterocycles. The monoisotopic (exact) mass is 361 g/mol. The Bertz CT molecular complexity index is 1160. The fourth-order valence-electron chi connectivity index (χ4n) is 2.84. The zero-order valence-corrected chi connectivity index (χ0v) is 14.0. The fraction of sp³-hybridized carbons (Fsp3) is 0.0500. The maximum absolute atomic E-state index is 13.3. The highest BCUT2D eigenvalue weighted by molar-refractivity contribution is 5.78. The third-order valence-electron chi connectivity index (χ3n) is 4.09.